The Hall–Kier alpha value is -3.66. The highest BCUT2D eigenvalue weighted by Crippen LogP contribution is 2.44. The molecule has 3 N–H and O–H groups in total. The highest BCUT2D eigenvalue weighted by molar-refractivity contribution is 7.90. The van der Waals surface area contributed by atoms with Crippen LogP contribution >= 0.6 is 11.3 Å². The number of aryl methyl sites for hydroxylation is 1. The van der Waals surface area contributed by atoms with Crippen molar-refractivity contribution in [3.8, 4) is 5.75 Å². The number of unbranched alkanes of at least 4 members (excludes halogenated alkanes) is 2. The van der Waals surface area contributed by atoms with Gasteiger partial charge < -0.3 is 30.3 Å². The zero-order valence-corrected chi connectivity index (χ0v) is 35.7. The van der Waals surface area contributed by atoms with Gasteiger partial charge in [-0.15, -0.1) is 11.3 Å². The number of Topliss-reactive ketones (excluding diaryl/α,β-unsaturated/α-hetero) is 1. The number of thiophene rings is 1. The monoisotopic (exact) mass is 835 g/mol. The number of nitrogens with one attached hydrogen (secondary N) is 1. The molecule has 1 spiro atoms. The van der Waals surface area contributed by atoms with E-state index in [1.54, 1.807) is 40.5 Å². The molecule has 6 rings (SSSR count). The van der Waals surface area contributed by atoms with E-state index in [0.29, 0.717) is 48.8 Å². The zero-order valence-electron chi connectivity index (χ0n) is 34.1. The number of methoxy groups -OCH3 is 1. The summed E-state index contributed by atoms with van der Waals surface area (Å²) in [5.41, 5.74) is 8.30. The molecule has 316 valence electrons. The van der Waals surface area contributed by atoms with Gasteiger partial charge in [0.1, 0.15) is 27.9 Å². The first-order valence-corrected chi connectivity index (χ1v) is 23.7. The van der Waals surface area contributed by atoms with Crippen LogP contribution in [0.25, 0.3) is 0 Å². The van der Waals surface area contributed by atoms with Crippen molar-refractivity contribution in [3.05, 3.63) is 88.1 Å². The van der Waals surface area contributed by atoms with E-state index in [2.05, 4.69) is 40.5 Å². The fraction of sp³-hybridized carbons (Fsp3) is 0.568. The maximum Gasteiger partial charge on any atom is 0.415 e. The van der Waals surface area contributed by atoms with Crippen LogP contribution in [0, 0.1) is 5.41 Å². The maximum absolute atomic E-state index is 14.8. The first kappa shape index (κ1) is 43.9. The van der Waals surface area contributed by atoms with Gasteiger partial charge in [-0.2, -0.15) is 0 Å². The molecule has 0 bridgehead atoms. The van der Waals surface area contributed by atoms with Gasteiger partial charge in [0.25, 0.3) is 0 Å². The van der Waals surface area contributed by atoms with Gasteiger partial charge in [-0.1, -0.05) is 61.4 Å². The van der Waals surface area contributed by atoms with Crippen molar-refractivity contribution in [2.45, 2.75) is 102 Å². The predicted octanol–water partition coefficient (Wildman–Crippen LogP) is 5.96. The predicted molar refractivity (Wildman–Crippen MR) is 227 cm³/mol. The molecule has 3 fully saturated rings. The van der Waals surface area contributed by atoms with Gasteiger partial charge in [0.05, 0.1) is 12.6 Å². The van der Waals surface area contributed by atoms with Gasteiger partial charge in [-0.3, -0.25) is 14.5 Å². The number of hydrogen-bond acceptors (Lipinski definition) is 11. The van der Waals surface area contributed by atoms with Gasteiger partial charge in [0, 0.05) is 62.6 Å². The Morgan fingerprint density at radius 2 is 1.76 bits per heavy atom. The van der Waals surface area contributed by atoms with E-state index in [9.17, 15) is 22.8 Å². The molecular weight excluding hydrogens is 775 g/mol. The summed E-state index contributed by atoms with van der Waals surface area (Å²) in [7, 11) is -1.58. The summed E-state index contributed by atoms with van der Waals surface area (Å²) in [4.78, 5) is 49.3. The second-order valence-electron chi connectivity index (χ2n) is 16.6. The lowest BCUT2D eigenvalue weighted by Crippen LogP contribution is -2.63. The fourth-order valence-electron chi connectivity index (χ4n) is 8.87. The third kappa shape index (κ3) is 12.4. The topological polar surface area (TPSA) is 152 Å². The molecule has 3 atom stereocenters. The van der Waals surface area contributed by atoms with Crippen LogP contribution in [0.15, 0.2) is 72.1 Å². The number of nitrogens with zero attached hydrogens (tertiary/aromatic N) is 3. The van der Waals surface area contributed by atoms with Crippen LogP contribution in [-0.4, -0.2) is 111 Å². The number of likely N-dealkylation sites (tertiary alicyclic amines) is 1. The third-order valence-corrected chi connectivity index (χ3v) is 14.2. The van der Waals surface area contributed by atoms with E-state index in [1.807, 2.05) is 17.5 Å². The number of rotatable bonds is 18. The quantitative estimate of drug-likeness (QED) is 0.116. The summed E-state index contributed by atoms with van der Waals surface area (Å²) in [6.45, 7) is 3.58. The smallest absolute Gasteiger partial charge is 0.410 e. The second kappa shape index (κ2) is 20.5. The molecule has 14 heteroatoms. The minimum absolute atomic E-state index is 0.0254. The number of sulfone groups is 1. The summed E-state index contributed by atoms with van der Waals surface area (Å²) in [5, 5.41) is 5.74. The summed E-state index contributed by atoms with van der Waals surface area (Å²) < 4.78 is 34.6. The molecular formula is C44H61N5O7S2. The molecule has 58 heavy (non-hydrogen) atoms. The van der Waals surface area contributed by atoms with Crippen LogP contribution in [0.4, 0.5) is 4.79 Å². The molecule has 3 aromatic rings. The number of carbonyl (C=O) groups excluding carboxylic acids is 3. The second-order valence-corrected chi connectivity index (χ2v) is 19.8. The zero-order chi connectivity index (χ0) is 41.1. The standard InChI is InChI=1S/C44H61N5O7S2/c1-55-41(45)34-13-9-14-36(29-34)56-43(52)48-25-26-49(39(31-48)40(50)18-17-37-15-10-27-57-37)42(51)38(16-7-4-8-28-58(2,53)54)46-35-19-21-44(22-20-35)23-24-47(32-44)30-33-11-5-3-6-12-33/h3,5-6,9-15,27,29,35,38-39,41,46H,4,7-8,16-26,28,30-32,45H2,1-2H3/t35?,38-,39+,41?,44?/m1/s1. The van der Waals surface area contributed by atoms with E-state index in [4.69, 9.17) is 15.2 Å². The molecule has 1 aliphatic carbocycles. The first-order valence-electron chi connectivity index (χ1n) is 20.8. The Kier molecular flexibility index (Phi) is 15.6. The largest absolute Gasteiger partial charge is 0.415 e. The Morgan fingerprint density at radius 1 is 0.966 bits per heavy atom. The molecule has 2 saturated heterocycles. The van der Waals surface area contributed by atoms with E-state index in [1.165, 1.54) is 30.2 Å². The average molecular weight is 836 g/mol. The van der Waals surface area contributed by atoms with Crippen molar-refractivity contribution in [2.75, 3.05) is 51.8 Å². The molecule has 2 aliphatic heterocycles. The van der Waals surface area contributed by atoms with Crippen LogP contribution in [0.3, 0.4) is 0 Å². The number of piperazine rings is 1. The van der Waals surface area contributed by atoms with Crippen molar-refractivity contribution in [3.63, 3.8) is 0 Å². The fourth-order valence-corrected chi connectivity index (χ4v) is 10.3. The molecule has 0 radical (unpaired) electrons. The first-order chi connectivity index (χ1) is 27.9. The van der Waals surface area contributed by atoms with Crippen molar-refractivity contribution >= 4 is 39.0 Å². The number of benzene rings is 2. The van der Waals surface area contributed by atoms with E-state index < -0.39 is 34.2 Å². The number of nitrogens with two attached hydrogens (primary N) is 1. The maximum atomic E-state index is 14.8. The number of hydrogen-bond donors (Lipinski definition) is 2. The van der Waals surface area contributed by atoms with Crippen LogP contribution in [-0.2, 0) is 37.1 Å². The number of ketones is 1. The van der Waals surface area contributed by atoms with Gasteiger partial charge in [0.2, 0.25) is 5.91 Å². The minimum atomic E-state index is -3.08. The molecule has 3 aliphatic rings. The van der Waals surface area contributed by atoms with Crippen LogP contribution in [0.2, 0.25) is 0 Å². The van der Waals surface area contributed by atoms with Gasteiger partial charge >= 0.3 is 6.09 Å². The SMILES string of the molecule is COC(N)c1cccc(OC(=O)N2CCN(C(=O)[C@@H](CCCCCS(C)(=O)=O)NC3CCC4(CC3)CCN(Cc3ccccc3)C4)[C@H](C(=O)CCc3cccs3)C2)c1. The van der Waals surface area contributed by atoms with Crippen molar-refractivity contribution in [1.29, 1.82) is 0 Å². The highest BCUT2D eigenvalue weighted by atomic mass is 32.2. The van der Waals surface area contributed by atoms with E-state index >= 15 is 0 Å². The number of amides is 2. The molecule has 3 heterocycles. The molecule has 1 saturated carbocycles. The highest BCUT2D eigenvalue weighted by Gasteiger charge is 2.43. The molecule has 2 aromatic carbocycles. The summed E-state index contributed by atoms with van der Waals surface area (Å²) in [5.74, 6) is 0.195. The van der Waals surface area contributed by atoms with Crippen LogP contribution in [0.5, 0.6) is 5.75 Å². The lowest BCUT2D eigenvalue weighted by atomic mass is 9.72. The summed E-state index contributed by atoms with van der Waals surface area (Å²) >= 11 is 1.59. The van der Waals surface area contributed by atoms with Crippen molar-refractivity contribution in [2.24, 2.45) is 11.1 Å². The van der Waals surface area contributed by atoms with E-state index in [-0.39, 0.29) is 49.5 Å². The van der Waals surface area contributed by atoms with Crippen molar-refractivity contribution < 1.29 is 32.3 Å². The van der Waals surface area contributed by atoms with Gasteiger partial charge in [-0.25, -0.2) is 13.2 Å². The van der Waals surface area contributed by atoms with E-state index in [0.717, 1.165) is 50.2 Å². The number of ether oxygens (including phenoxy) is 2. The molecule has 2 amide bonds. The van der Waals surface area contributed by atoms with Gasteiger partial charge in [-0.05, 0) is 98.0 Å². The normalized spacial score (nSPS) is 22.5. The van der Waals surface area contributed by atoms with Crippen LogP contribution in [0.1, 0.15) is 86.4 Å². The molecule has 1 unspecified atom stereocenters. The van der Waals surface area contributed by atoms with Gasteiger partial charge in [0.15, 0.2) is 5.78 Å². The molecule has 1 aromatic heterocycles. The summed E-state index contributed by atoms with van der Waals surface area (Å²) in [6.07, 6.45) is 8.52. The number of carbonyl (C=O) groups is 3. The summed E-state index contributed by atoms with van der Waals surface area (Å²) in [6, 6.07) is 20.2. The Morgan fingerprint density at radius 3 is 2.48 bits per heavy atom. The molecule has 12 nitrogen and oxygen atoms in total. The van der Waals surface area contributed by atoms with Crippen molar-refractivity contribution in [1.82, 2.24) is 20.0 Å². The lowest BCUT2D eigenvalue weighted by Gasteiger charge is -2.43. The Labute approximate surface area is 348 Å². The Balaban J connectivity index is 1.13. The minimum Gasteiger partial charge on any atom is -0.410 e. The lowest BCUT2D eigenvalue weighted by molar-refractivity contribution is -0.144. The third-order valence-electron chi connectivity index (χ3n) is 12.2. The van der Waals surface area contributed by atoms with Crippen LogP contribution < -0.4 is 15.8 Å². The Bertz CT molecular complexity index is 1900. The average Bonchev–Trinajstić information content (AvgIpc) is 3.89.